The SMILES string of the molecule is CCCCOCCNc1ccc(F)c(Cl)c1. The highest BCUT2D eigenvalue weighted by Crippen LogP contribution is 2.18. The molecule has 4 heteroatoms. The Morgan fingerprint density at radius 3 is 2.88 bits per heavy atom. The van der Waals surface area contributed by atoms with E-state index in [0.29, 0.717) is 13.2 Å². The van der Waals surface area contributed by atoms with Gasteiger partial charge in [0, 0.05) is 18.8 Å². The Morgan fingerprint density at radius 1 is 1.38 bits per heavy atom. The van der Waals surface area contributed by atoms with Crippen LogP contribution in [0.4, 0.5) is 10.1 Å². The molecular formula is C12H17ClFNO. The summed E-state index contributed by atoms with van der Waals surface area (Å²) in [6, 6.07) is 4.58. The second kappa shape index (κ2) is 7.47. The third-order valence-electron chi connectivity index (χ3n) is 2.14. The van der Waals surface area contributed by atoms with Crippen LogP contribution in [0, 0.1) is 5.82 Å². The predicted octanol–water partition coefficient (Wildman–Crippen LogP) is 3.71. The topological polar surface area (TPSA) is 21.3 Å². The molecule has 1 aromatic carbocycles. The Kier molecular flexibility index (Phi) is 6.19. The van der Waals surface area contributed by atoms with E-state index in [1.165, 1.54) is 6.07 Å². The molecule has 0 bridgehead atoms. The normalized spacial score (nSPS) is 10.4. The lowest BCUT2D eigenvalue weighted by atomic mass is 10.3. The zero-order chi connectivity index (χ0) is 11.8. The van der Waals surface area contributed by atoms with Gasteiger partial charge in [0.25, 0.3) is 0 Å². The summed E-state index contributed by atoms with van der Waals surface area (Å²) in [4.78, 5) is 0. The first-order valence-corrected chi connectivity index (χ1v) is 5.88. The Labute approximate surface area is 101 Å². The quantitative estimate of drug-likeness (QED) is 0.740. The number of benzene rings is 1. The fraction of sp³-hybridized carbons (Fsp3) is 0.500. The number of ether oxygens (including phenoxy) is 1. The Morgan fingerprint density at radius 2 is 2.19 bits per heavy atom. The van der Waals surface area contributed by atoms with Gasteiger partial charge in [0.2, 0.25) is 0 Å². The molecule has 0 aliphatic carbocycles. The van der Waals surface area contributed by atoms with E-state index in [-0.39, 0.29) is 5.02 Å². The van der Waals surface area contributed by atoms with Crippen LogP contribution in [0.5, 0.6) is 0 Å². The Balaban J connectivity index is 2.19. The highest BCUT2D eigenvalue weighted by Gasteiger charge is 1.99. The van der Waals surface area contributed by atoms with Crippen LogP contribution < -0.4 is 5.32 Å². The molecule has 2 nitrogen and oxygen atoms in total. The minimum atomic E-state index is -0.397. The van der Waals surface area contributed by atoms with E-state index in [1.54, 1.807) is 12.1 Å². The van der Waals surface area contributed by atoms with Crippen molar-refractivity contribution >= 4 is 17.3 Å². The first-order chi connectivity index (χ1) is 7.74. The van der Waals surface area contributed by atoms with Crippen molar-refractivity contribution in [3.05, 3.63) is 29.0 Å². The first-order valence-electron chi connectivity index (χ1n) is 5.50. The zero-order valence-corrected chi connectivity index (χ0v) is 10.2. The van der Waals surface area contributed by atoms with Crippen LogP contribution in [0.15, 0.2) is 18.2 Å². The molecule has 0 fully saturated rings. The van der Waals surface area contributed by atoms with Crippen LogP contribution >= 0.6 is 11.6 Å². The van der Waals surface area contributed by atoms with Gasteiger partial charge in [0.05, 0.1) is 11.6 Å². The number of hydrogen-bond acceptors (Lipinski definition) is 2. The van der Waals surface area contributed by atoms with Crippen molar-refractivity contribution < 1.29 is 9.13 Å². The van der Waals surface area contributed by atoms with Crippen molar-refractivity contribution in [1.82, 2.24) is 0 Å². The van der Waals surface area contributed by atoms with E-state index in [9.17, 15) is 4.39 Å². The molecule has 0 unspecified atom stereocenters. The third-order valence-corrected chi connectivity index (χ3v) is 2.43. The second-order valence-electron chi connectivity index (χ2n) is 3.52. The first kappa shape index (κ1) is 13.3. The van der Waals surface area contributed by atoms with Crippen LogP contribution in [0.2, 0.25) is 5.02 Å². The minimum absolute atomic E-state index is 0.136. The molecule has 0 saturated heterocycles. The third kappa shape index (κ3) is 4.81. The summed E-state index contributed by atoms with van der Waals surface area (Å²) in [5, 5.41) is 3.25. The molecule has 1 N–H and O–H groups in total. The fourth-order valence-electron chi connectivity index (χ4n) is 1.22. The van der Waals surface area contributed by atoms with Gasteiger partial charge < -0.3 is 10.1 Å². The number of unbranched alkanes of at least 4 members (excludes halogenated alkanes) is 1. The van der Waals surface area contributed by atoms with Gasteiger partial charge in [-0.15, -0.1) is 0 Å². The highest BCUT2D eigenvalue weighted by molar-refractivity contribution is 6.31. The van der Waals surface area contributed by atoms with E-state index in [4.69, 9.17) is 16.3 Å². The van der Waals surface area contributed by atoms with Gasteiger partial charge in [-0.1, -0.05) is 24.9 Å². The molecular weight excluding hydrogens is 229 g/mol. The van der Waals surface area contributed by atoms with E-state index in [2.05, 4.69) is 12.2 Å². The molecule has 90 valence electrons. The molecule has 0 radical (unpaired) electrons. The van der Waals surface area contributed by atoms with E-state index >= 15 is 0 Å². The summed E-state index contributed by atoms with van der Waals surface area (Å²) >= 11 is 5.65. The monoisotopic (exact) mass is 245 g/mol. The van der Waals surface area contributed by atoms with Crippen molar-refractivity contribution in [2.75, 3.05) is 25.1 Å². The minimum Gasteiger partial charge on any atom is -0.383 e. The number of rotatable bonds is 7. The van der Waals surface area contributed by atoms with Crippen LogP contribution in [0.25, 0.3) is 0 Å². The molecule has 0 saturated carbocycles. The summed E-state index contributed by atoms with van der Waals surface area (Å²) in [5.74, 6) is -0.397. The summed E-state index contributed by atoms with van der Waals surface area (Å²) in [5.41, 5.74) is 0.811. The second-order valence-corrected chi connectivity index (χ2v) is 3.93. The maximum Gasteiger partial charge on any atom is 0.141 e. The lowest BCUT2D eigenvalue weighted by molar-refractivity contribution is 0.141. The lowest BCUT2D eigenvalue weighted by Crippen LogP contribution is -2.09. The van der Waals surface area contributed by atoms with Crippen LogP contribution in [0.3, 0.4) is 0 Å². The summed E-state index contributed by atoms with van der Waals surface area (Å²) in [6.07, 6.45) is 2.23. The van der Waals surface area contributed by atoms with Gasteiger partial charge in [-0.25, -0.2) is 4.39 Å². The maximum atomic E-state index is 12.8. The molecule has 0 amide bonds. The summed E-state index contributed by atoms with van der Waals surface area (Å²) in [7, 11) is 0. The Bertz CT molecular complexity index is 320. The number of halogens is 2. The molecule has 0 heterocycles. The number of hydrogen-bond donors (Lipinski definition) is 1. The van der Waals surface area contributed by atoms with Crippen molar-refractivity contribution in [2.45, 2.75) is 19.8 Å². The lowest BCUT2D eigenvalue weighted by Gasteiger charge is -2.07. The molecule has 1 aromatic rings. The molecule has 1 rings (SSSR count). The van der Waals surface area contributed by atoms with Crippen LogP contribution in [-0.2, 0) is 4.74 Å². The molecule has 0 aliphatic rings. The van der Waals surface area contributed by atoms with Crippen molar-refractivity contribution in [1.29, 1.82) is 0 Å². The molecule has 0 atom stereocenters. The standard InChI is InChI=1S/C12H17ClFNO/c1-2-3-7-16-8-6-15-10-4-5-12(14)11(13)9-10/h4-5,9,15H,2-3,6-8H2,1H3. The summed E-state index contributed by atoms with van der Waals surface area (Å²) in [6.45, 7) is 4.27. The van der Waals surface area contributed by atoms with Crippen molar-refractivity contribution in [3.63, 3.8) is 0 Å². The van der Waals surface area contributed by atoms with E-state index in [1.807, 2.05) is 0 Å². The molecule has 0 aromatic heterocycles. The van der Waals surface area contributed by atoms with Gasteiger partial charge in [0.1, 0.15) is 5.82 Å². The van der Waals surface area contributed by atoms with Gasteiger partial charge in [0.15, 0.2) is 0 Å². The largest absolute Gasteiger partial charge is 0.383 e. The average Bonchev–Trinajstić information content (AvgIpc) is 2.28. The van der Waals surface area contributed by atoms with E-state index in [0.717, 1.165) is 25.1 Å². The predicted molar refractivity (Wildman–Crippen MR) is 65.6 cm³/mol. The van der Waals surface area contributed by atoms with E-state index < -0.39 is 5.82 Å². The number of anilines is 1. The van der Waals surface area contributed by atoms with Gasteiger partial charge in [-0.3, -0.25) is 0 Å². The van der Waals surface area contributed by atoms with Gasteiger partial charge in [-0.05, 0) is 24.6 Å². The fourth-order valence-corrected chi connectivity index (χ4v) is 1.40. The molecule has 0 aliphatic heterocycles. The smallest absolute Gasteiger partial charge is 0.141 e. The zero-order valence-electron chi connectivity index (χ0n) is 9.43. The Hall–Kier alpha value is -0.800. The summed E-state index contributed by atoms with van der Waals surface area (Å²) < 4.78 is 18.2. The van der Waals surface area contributed by atoms with Crippen LogP contribution in [-0.4, -0.2) is 19.8 Å². The maximum absolute atomic E-state index is 12.8. The van der Waals surface area contributed by atoms with Gasteiger partial charge >= 0.3 is 0 Å². The number of nitrogens with one attached hydrogen (secondary N) is 1. The van der Waals surface area contributed by atoms with Crippen molar-refractivity contribution in [3.8, 4) is 0 Å². The van der Waals surface area contributed by atoms with Crippen LogP contribution in [0.1, 0.15) is 19.8 Å². The van der Waals surface area contributed by atoms with Gasteiger partial charge in [-0.2, -0.15) is 0 Å². The molecule has 16 heavy (non-hydrogen) atoms. The molecule has 0 spiro atoms. The average molecular weight is 246 g/mol. The highest BCUT2D eigenvalue weighted by atomic mass is 35.5. The van der Waals surface area contributed by atoms with Crippen molar-refractivity contribution in [2.24, 2.45) is 0 Å².